The van der Waals surface area contributed by atoms with E-state index in [1.807, 2.05) is 23.9 Å². The number of thiazole rings is 1. The van der Waals surface area contributed by atoms with E-state index in [1.54, 1.807) is 23.2 Å². The molecule has 0 saturated carbocycles. The van der Waals surface area contributed by atoms with Crippen molar-refractivity contribution < 1.29 is 9.18 Å². The van der Waals surface area contributed by atoms with E-state index in [9.17, 15) is 9.18 Å². The van der Waals surface area contributed by atoms with E-state index < -0.39 is 0 Å². The molecular formula is C19H20FN5OS. The highest BCUT2D eigenvalue weighted by molar-refractivity contribution is 7.15. The lowest BCUT2D eigenvalue weighted by atomic mass is 10.1. The summed E-state index contributed by atoms with van der Waals surface area (Å²) in [5, 5.41) is 7.77. The standard InChI is InChI=1S/C19H20FN5OS/c1-13-17(11-14-3-5-15(20)6-4-14)27-18(22-13)23-19(26)24-10-7-16(12-24)25-9-2-8-21-25/h2-6,8-9,16H,7,10-12H2,1H3,(H,22,23,26). The molecule has 3 aromatic rings. The number of urea groups is 1. The first-order valence-electron chi connectivity index (χ1n) is 8.84. The minimum Gasteiger partial charge on any atom is -0.322 e. The van der Waals surface area contributed by atoms with E-state index in [0.29, 0.717) is 24.6 Å². The number of carbonyl (C=O) groups excluding carboxylic acids is 1. The predicted molar refractivity (Wildman–Crippen MR) is 103 cm³/mol. The fraction of sp³-hybridized carbons (Fsp3) is 0.316. The second-order valence-corrected chi connectivity index (χ2v) is 7.72. The summed E-state index contributed by atoms with van der Waals surface area (Å²) in [5.74, 6) is -0.244. The van der Waals surface area contributed by atoms with Crippen LogP contribution in [0.3, 0.4) is 0 Å². The van der Waals surface area contributed by atoms with Crippen molar-refractivity contribution in [1.82, 2.24) is 19.7 Å². The van der Waals surface area contributed by atoms with Gasteiger partial charge in [0.2, 0.25) is 0 Å². The molecule has 4 rings (SSSR count). The zero-order valence-corrected chi connectivity index (χ0v) is 15.7. The third-order valence-electron chi connectivity index (χ3n) is 4.73. The highest BCUT2D eigenvalue weighted by Crippen LogP contribution is 2.27. The van der Waals surface area contributed by atoms with Gasteiger partial charge in [-0.1, -0.05) is 12.1 Å². The molecule has 0 bridgehead atoms. The highest BCUT2D eigenvalue weighted by atomic mass is 32.1. The van der Waals surface area contributed by atoms with Crippen LogP contribution in [0.25, 0.3) is 0 Å². The van der Waals surface area contributed by atoms with Crippen molar-refractivity contribution in [2.75, 3.05) is 18.4 Å². The number of anilines is 1. The molecule has 1 unspecified atom stereocenters. The molecule has 6 nitrogen and oxygen atoms in total. The average Bonchev–Trinajstić information content (AvgIpc) is 3.38. The van der Waals surface area contributed by atoms with E-state index in [-0.39, 0.29) is 17.9 Å². The van der Waals surface area contributed by atoms with Gasteiger partial charge in [0.1, 0.15) is 5.82 Å². The predicted octanol–water partition coefficient (Wildman–Crippen LogP) is 3.86. The van der Waals surface area contributed by atoms with Crippen molar-refractivity contribution in [3.05, 3.63) is 64.7 Å². The molecule has 3 heterocycles. The number of likely N-dealkylation sites (tertiary alicyclic amines) is 1. The molecule has 0 radical (unpaired) electrons. The molecule has 1 N–H and O–H groups in total. The molecule has 1 aliphatic rings. The molecule has 1 aromatic carbocycles. The Morgan fingerprint density at radius 1 is 1.37 bits per heavy atom. The SMILES string of the molecule is Cc1nc(NC(=O)N2CCC(n3cccn3)C2)sc1Cc1ccc(F)cc1. The third-order valence-corrected chi connectivity index (χ3v) is 5.81. The van der Waals surface area contributed by atoms with Crippen molar-refractivity contribution >= 4 is 22.5 Å². The summed E-state index contributed by atoms with van der Waals surface area (Å²) in [6, 6.07) is 8.43. The second kappa shape index (κ2) is 7.48. The molecule has 0 spiro atoms. The van der Waals surface area contributed by atoms with Crippen LogP contribution in [0.15, 0.2) is 42.7 Å². The molecule has 1 fully saturated rings. The fourth-order valence-electron chi connectivity index (χ4n) is 3.24. The number of nitrogens with one attached hydrogen (secondary N) is 1. The van der Waals surface area contributed by atoms with Gasteiger partial charge < -0.3 is 4.90 Å². The Bertz CT molecular complexity index is 922. The lowest BCUT2D eigenvalue weighted by Gasteiger charge is -2.16. The van der Waals surface area contributed by atoms with Crippen LogP contribution in [0.5, 0.6) is 0 Å². The summed E-state index contributed by atoms with van der Waals surface area (Å²) in [6.45, 7) is 3.26. The van der Waals surface area contributed by atoms with Gasteiger partial charge in [-0.15, -0.1) is 11.3 Å². The number of carbonyl (C=O) groups is 1. The minimum atomic E-state index is -0.244. The van der Waals surface area contributed by atoms with Gasteiger partial charge in [0.05, 0.1) is 11.7 Å². The summed E-state index contributed by atoms with van der Waals surface area (Å²) in [7, 11) is 0. The van der Waals surface area contributed by atoms with Gasteiger partial charge in [0.25, 0.3) is 0 Å². The highest BCUT2D eigenvalue weighted by Gasteiger charge is 2.28. The number of hydrogen-bond donors (Lipinski definition) is 1. The van der Waals surface area contributed by atoms with Crippen LogP contribution in [0.1, 0.15) is 28.6 Å². The number of hydrogen-bond acceptors (Lipinski definition) is 4. The Kier molecular flexibility index (Phi) is 4.89. The zero-order valence-electron chi connectivity index (χ0n) is 14.9. The quantitative estimate of drug-likeness (QED) is 0.742. The lowest BCUT2D eigenvalue weighted by Crippen LogP contribution is -2.33. The molecule has 1 saturated heterocycles. The summed E-state index contributed by atoms with van der Waals surface area (Å²) in [4.78, 5) is 19.9. The van der Waals surface area contributed by atoms with Gasteiger partial charge >= 0.3 is 6.03 Å². The lowest BCUT2D eigenvalue weighted by molar-refractivity contribution is 0.220. The van der Waals surface area contributed by atoms with Crippen molar-refractivity contribution in [2.24, 2.45) is 0 Å². The monoisotopic (exact) mass is 385 g/mol. The van der Waals surface area contributed by atoms with Gasteiger partial charge in [0.15, 0.2) is 5.13 Å². The zero-order chi connectivity index (χ0) is 18.8. The van der Waals surface area contributed by atoms with E-state index in [1.165, 1.54) is 23.5 Å². The first kappa shape index (κ1) is 17.7. The fourth-order valence-corrected chi connectivity index (χ4v) is 4.23. The van der Waals surface area contributed by atoms with Crippen LogP contribution in [-0.4, -0.2) is 38.8 Å². The topological polar surface area (TPSA) is 63.1 Å². The number of rotatable bonds is 4. The minimum absolute atomic E-state index is 0.133. The summed E-state index contributed by atoms with van der Waals surface area (Å²) in [5.41, 5.74) is 1.90. The Morgan fingerprint density at radius 2 is 2.19 bits per heavy atom. The van der Waals surface area contributed by atoms with E-state index in [0.717, 1.165) is 22.6 Å². The number of halogens is 1. The number of nitrogens with zero attached hydrogens (tertiary/aromatic N) is 4. The van der Waals surface area contributed by atoms with Crippen molar-refractivity contribution in [3.63, 3.8) is 0 Å². The van der Waals surface area contributed by atoms with Gasteiger partial charge in [-0.25, -0.2) is 14.2 Å². The summed E-state index contributed by atoms with van der Waals surface area (Å²) < 4.78 is 15.0. The van der Waals surface area contributed by atoms with Crippen LogP contribution >= 0.6 is 11.3 Å². The molecule has 2 aromatic heterocycles. The largest absolute Gasteiger partial charge is 0.323 e. The van der Waals surface area contributed by atoms with Gasteiger partial charge in [-0.2, -0.15) is 5.10 Å². The van der Waals surface area contributed by atoms with E-state index in [4.69, 9.17) is 0 Å². The molecule has 0 aliphatic carbocycles. The number of aromatic nitrogens is 3. The van der Waals surface area contributed by atoms with Crippen LogP contribution in [0.2, 0.25) is 0 Å². The summed E-state index contributed by atoms with van der Waals surface area (Å²) >= 11 is 1.46. The third kappa shape index (κ3) is 4.00. The number of aryl methyl sites for hydroxylation is 1. The first-order chi connectivity index (χ1) is 13.1. The Balaban J connectivity index is 1.38. The number of amides is 2. The molecule has 2 amide bonds. The maximum Gasteiger partial charge on any atom is 0.323 e. The molecule has 1 aliphatic heterocycles. The van der Waals surface area contributed by atoms with Crippen molar-refractivity contribution in [2.45, 2.75) is 25.8 Å². The molecular weight excluding hydrogens is 365 g/mol. The number of benzene rings is 1. The van der Waals surface area contributed by atoms with Crippen LogP contribution in [0.4, 0.5) is 14.3 Å². The molecule has 27 heavy (non-hydrogen) atoms. The van der Waals surface area contributed by atoms with E-state index >= 15 is 0 Å². The maximum absolute atomic E-state index is 13.1. The van der Waals surface area contributed by atoms with Crippen LogP contribution in [-0.2, 0) is 6.42 Å². The maximum atomic E-state index is 13.1. The van der Waals surface area contributed by atoms with Crippen LogP contribution < -0.4 is 5.32 Å². The smallest absolute Gasteiger partial charge is 0.322 e. The average molecular weight is 385 g/mol. The Labute approximate surface area is 160 Å². The van der Waals surface area contributed by atoms with Crippen LogP contribution in [0, 0.1) is 12.7 Å². The van der Waals surface area contributed by atoms with Gasteiger partial charge in [-0.05, 0) is 37.1 Å². The van der Waals surface area contributed by atoms with Crippen molar-refractivity contribution in [1.29, 1.82) is 0 Å². The van der Waals surface area contributed by atoms with E-state index in [2.05, 4.69) is 15.4 Å². The normalized spacial score (nSPS) is 16.7. The van der Waals surface area contributed by atoms with Gasteiger partial charge in [-0.3, -0.25) is 10.00 Å². The molecule has 140 valence electrons. The second-order valence-electron chi connectivity index (χ2n) is 6.64. The van der Waals surface area contributed by atoms with Gasteiger partial charge in [0, 0.05) is 36.8 Å². The molecule has 8 heteroatoms. The molecule has 1 atom stereocenters. The Morgan fingerprint density at radius 3 is 2.93 bits per heavy atom. The first-order valence-corrected chi connectivity index (χ1v) is 9.66. The Hall–Kier alpha value is -2.74. The summed E-state index contributed by atoms with van der Waals surface area (Å²) in [6.07, 6.45) is 5.24. The van der Waals surface area contributed by atoms with Crippen molar-refractivity contribution in [3.8, 4) is 0 Å².